The predicted octanol–water partition coefficient (Wildman–Crippen LogP) is 1.15. The summed E-state index contributed by atoms with van der Waals surface area (Å²) in [5, 5.41) is 0. The van der Waals surface area contributed by atoms with E-state index in [2.05, 4.69) is 11.9 Å². The number of anilines is 1. The van der Waals surface area contributed by atoms with Gasteiger partial charge >= 0.3 is 5.97 Å². The average molecular weight is 209 g/mol. The molecule has 0 bridgehead atoms. The molecule has 1 fully saturated rings. The van der Waals surface area contributed by atoms with Gasteiger partial charge in [0.15, 0.2) is 5.69 Å². The van der Waals surface area contributed by atoms with E-state index in [0.29, 0.717) is 12.4 Å². The Kier molecular flexibility index (Phi) is 2.17. The van der Waals surface area contributed by atoms with E-state index in [-0.39, 0.29) is 11.2 Å². The highest BCUT2D eigenvalue weighted by Gasteiger charge is 2.41. The molecule has 1 saturated carbocycles. The number of nitrogen functional groups attached to an aromatic ring is 1. The standard InChI is InChI=1S/C10H15N3O2/c1-3-15-9(14)7-8(11)13(6-12-7)10(2)4-5-10/h6H,3-5,11H2,1-2H3. The van der Waals surface area contributed by atoms with Crippen LogP contribution in [0.15, 0.2) is 6.33 Å². The van der Waals surface area contributed by atoms with E-state index in [0.717, 1.165) is 12.8 Å². The van der Waals surface area contributed by atoms with Gasteiger partial charge in [0.25, 0.3) is 0 Å². The van der Waals surface area contributed by atoms with Gasteiger partial charge in [0.2, 0.25) is 0 Å². The SMILES string of the molecule is CCOC(=O)c1ncn(C2(C)CC2)c1N. The number of nitrogens with zero attached hydrogens (tertiary/aromatic N) is 2. The highest BCUT2D eigenvalue weighted by atomic mass is 16.5. The van der Waals surface area contributed by atoms with Crippen LogP contribution in [-0.2, 0) is 10.3 Å². The number of carbonyl (C=O) groups excluding carboxylic acids is 1. The third kappa shape index (κ3) is 1.58. The minimum atomic E-state index is -0.446. The molecule has 0 aromatic carbocycles. The van der Waals surface area contributed by atoms with Crippen molar-refractivity contribution in [3.8, 4) is 0 Å². The van der Waals surface area contributed by atoms with E-state index in [1.54, 1.807) is 13.3 Å². The van der Waals surface area contributed by atoms with Gasteiger partial charge < -0.3 is 15.0 Å². The average Bonchev–Trinajstić information content (AvgIpc) is 2.78. The molecule has 0 radical (unpaired) electrons. The first-order valence-corrected chi connectivity index (χ1v) is 5.09. The number of rotatable bonds is 3. The van der Waals surface area contributed by atoms with Crippen LogP contribution < -0.4 is 5.73 Å². The summed E-state index contributed by atoms with van der Waals surface area (Å²) in [6.07, 6.45) is 3.78. The third-order valence-electron chi connectivity index (χ3n) is 2.83. The molecule has 1 heterocycles. The van der Waals surface area contributed by atoms with E-state index in [4.69, 9.17) is 10.5 Å². The second kappa shape index (κ2) is 3.25. The van der Waals surface area contributed by atoms with Crippen molar-refractivity contribution in [3.05, 3.63) is 12.0 Å². The van der Waals surface area contributed by atoms with Crippen molar-refractivity contribution in [1.82, 2.24) is 9.55 Å². The Bertz CT molecular complexity index is 393. The van der Waals surface area contributed by atoms with Crippen LogP contribution in [0, 0.1) is 0 Å². The van der Waals surface area contributed by atoms with Crippen LogP contribution in [0.4, 0.5) is 5.82 Å². The van der Waals surface area contributed by atoms with Crippen molar-refractivity contribution in [2.75, 3.05) is 12.3 Å². The molecule has 0 spiro atoms. The van der Waals surface area contributed by atoms with Crippen molar-refractivity contribution in [2.24, 2.45) is 0 Å². The molecule has 2 N–H and O–H groups in total. The first-order valence-electron chi connectivity index (χ1n) is 5.09. The number of esters is 1. The fraction of sp³-hybridized carbons (Fsp3) is 0.600. The molecule has 0 atom stereocenters. The molecule has 1 aromatic heterocycles. The Labute approximate surface area is 88.2 Å². The fourth-order valence-electron chi connectivity index (χ4n) is 1.57. The van der Waals surface area contributed by atoms with Gasteiger partial charge in [0, 0.05) is 5.54 Å². The zero-order chi connectivity index (χ0) is 11.1. The van der Waals surface area contributed by atoms with Crippen molar-refractivity contribution in [1.29, 1.82) is 0 Å². The summed E-state index contributed by atoms with van der Waals surface area (Å²) in [6, 6.07) is 0. The third-order valence-corrected chi connectivity index (χ3v) is 2.83. The van der Waals surface area contributed by atoms with E-state index in [1.165, 1.54) is 0 Å². The smallest absolute Gasteiger partial charge is 0.360 e. The summed E-state index contributed by atoms with van der Waals surface area (Å²) in [4.78, 5) is 15.5. The molecule has 2 rings (SSSR count). The van der Waals surface area contributed by atoms with Gasteiger partial charge in [0.05, 0.1) is 12.9 Å². The van der Waals surface area contributed by atoms with Crippen LogP contribution in [-0.4, -0.2) is 22.1 Å². The maximum absolute atomic E-state index is 11.4. The van der Waals surface area contributed by atoms with Gasteiger partial charge in [-0.1, -0.05) is 0 Å². The summed E-state index contributed by atoms with van der Waals surface area (Å²) < 4.78 is 6.72. The van der Waals surface area contributed by atoms with Gasteiger partial charge in [-0.2, -0.15) is 0 Å². The zero-order valence-electron chi connectivity index (χ0n) is 8.99. The minimum absolute atomic E-state index is 0.0574. The lowest BCUT2D eigenvalue weighted by atomic mass is 10.3. The molecule has 0 aliphatic heterocycles. The van der Waals surface area contributed by atoms with Crippen molar-refractivity contribution < 1.29 is 9.53 Å². The lowest BCUT2D eigenvalue weighted by Crippen LogP contribution is -2.16. The van der Waals surface area contributed by atoms with Gasteiger partial charge in [-0.25, -0.2) is 9.78 Å². The molecule has 5 heteroatoms. The number of ether oxygens (including phenoxy) is 1. The molecule has 1 aliphatic rings. The largest absolute Gasteiger partial charge is 0.461 e. The van der Waals surface area contributed by atoms with Crippen LogP contribution >= 0.6 is 0 Å². The molecule has 1 aliphatic carbocycles. The van der Waals surface area contributed by atoms with Crippen LogP contribution in [0.1, 0.15) is 37.2 Å². The van der Waals surface area contributed by atoms with Crippen LogP contribution in [0.25, 0.3) is 0 Å². The Morgan fingerprint density at radius 2 is 2.40 bits per heavy atom. The summed E-state index contributed by atoms with van der Waals surface area (Å²) in [7, 11) is 0. The monoisotopic (exact) mass is 209 g/mol. The van der Waals surface area contributed by atoms with Crippen LogP contribution in [0.2, 0.25) is 0 Å². The number of hydrogen-bond acceptors (Lipinski definition) is 4. The minimum Gasteiger partial charge on any atom is -0.461 e. The molecule has 0 unspecified atom stereocenters. The van der Waals surface area contributed by atoms with Gasteiger partial charge in [-0.15, -0.1) is 0 Å². The summed E-state index contributed by atoms with van der Waals surface area (Å²) in [6.45, 7) is 4.19. The molecular formula is C10H15N3O2. The van der Waals surface area contributed by atoms with E-state index in [1.807, 2.05) is 4.57 Å². The number of carbonyl (C=O) groups is 1. The first kappa shape index (κ1) is 10.0. The summed E-state index contributed by atoms with van der Waals surface area (Å²) in [5.41, 5.74) is 6.14. The predicted molar refractivity (Wildman–Crippen MR) is 55.5 cm³/mol. The molecule has 0 amide bonds. The summed E-state index contributed by atoms with van der Waals surface area (Å²) in [5.74, 6) is -0.0357. The maximum Gasteiger partial charge on any atom is 0.360 e. The lowest BCUT2D eigenvalue weighted by Gasteiger charge is -2.12. The van der Waals surface area contributed by atoms with Crippen LogP contribution in [0.3, 0.4) is 0 Å². The number of hydrogen-bond donors (Lipinski definition) is 1. The molecule has 1 aromatic rings. The number of aromatic nitrogens is 2. The molecule has 5 nitrogen and oxygen atoms in total. The molecular weight excluding hydrogens is 194 g/mol. The van der Waals surface area contributed by atoms with Crippen molar-refractivity contribution in [2.45, 2.75) is 32.2 Å². The quantitative estimate of drug-likeness (QED) is 0.758. The highest BCUT2D eigenvalue weighted by molar-refractivity contribution is 5.92. The van der Waals surface area contributed by atoms with Gasteiger partial charge in [0.1, 0.15) is 5.82 Å². The van der Waals surface area contributed by atoms with Gasteiger partial charge in [-0.3, -0.25) is 0 Å². The first-order chi connectivity index (χ1) is 7.08. The van der Waals surface area contributed by atoms with E-state index >= 15 is 0 Å². The second-order valence-electron chi connectivity index (χ2n) is 4.07. The molecule has 0 saturated heterocycles. The molecule has 15 heavy (non-hydrogen) atoms. The fourth-order valence-corrected chi connectivity index (χ4v) is 1.57. The zero-order valence-corrected chi connectivity index (χ0v) is 8.99. The van der Waals surface area contributed by atoms with E-state index < -0.39 is 5.97 Å². The normalized spacial score (nSPS) is 17.5. The lowest BCUT2D eigenvalue weighted by molar-refractivity contribution is 0.0521. The van der Waals surface area contributed by atoms with Gasteiger partial charge in [-0.05, 0) is 26.7 Å². The Hall–Kier alpha value is -1.52. The Balaban J connectivity index is 2.27. The van der Waals surface area contributed by atoms with Crippen molar-refractivity contribution >= 4 is 11.8 Å². The topological polar surface area (TPSA) is 70.1 Å². The number of imidazole rings is 1. The number of nitrogens with two attached hydrogens (primary N) is 1. The summed E-state index contributed by atoms with van der Waals surface area (Å²) >= 11 is 0. The molecule has 82 valence electrons. The van der Waals surface area contributed by atoms with E-state index in [9.17, 15) is 4.79 Å². The Morgan fingerprint density at radius 1 is 1.73 bits per heavy atom. The highest BCUT2D eigenvalue weighted by Crippen LogP contribution is 2.44. The maximum atomic E-state index is 11.4. The van der Waals surface area contributed by atoms with Crippen LogP contribution in [0.5, 0.6) is 0 Å². The Morgan fingerprint density at radius 3 is 2.93 bits per heavy atom. The second-order valence-corrected chi connectivity index (χ2v) is 4.07. The van der Waals surface area contributed by atoms with Crippen molar-refractivity contribution in [3.63, 3.8) is 0 Å².